The Bertz CT molecular complexity index is 1060. The third-order valence-electron chi connectivity index (χ3n) is 4.50. The molecule has 4 rings (SSSR count). The molecule has 0 fully saturated rings. The van der Waals surface area contributed by atoms with Crippen molar-refractivity contribution < 1.29 is 14.5 Å². The van der Waals surface area contributed by atoms with Crippen LogP contribution in [0.4, 0.5) is 5.69 Å². The molecule has 8 heteroatoms. The first-order valence-electron chi connectivity index (χ1n) is 8.51. The van der Waals surface area contributed by atoms with Crippen LogP contribution in [0.5, 0.6) is 0 Å². The standard InChI is InChI=1S/C19H17BN2O4S/c1-12-18(13-5-3-2-4-6-13)22(19(24)27-12)10-17(23)21-15-7-8-16-14(9-15)11-26-20(16)25/h2-9,25H,10-11H2,1H3,(H,21,23). The molecule has 3 aromatic rings. The Morgan fingerprint density at radius 2 is 2.07 bits per heavy atom. The molecule has 27 heavy (non-hydrogen) atoms. The normalized spacial score (nSPS) is 12.9. The van der Waals surface area contributed by atoms with Crippen LogP contribution in [0.15, 0.2) is 53.3 Å². The summed E-state index contributed by atoms with van der Waals surface area (Å²) >= 11 is 1.14. The van der Waals surface area contributed by atoms with E-state index in [-0.39, 0.29) is 17.3 Å². The van der Waals surface area contributed by atoms with Gasteiger partial charge in [0, 0.05) is 10.6 Å². The Hall–Kier alpha value is -2.68. The Morgan fingerprint density at radius 3 is 2.85 bits per heavy atom. The second-order valence-corrected chi connectivity index (χ2v) is 7.52. The van der Waals surface area contributed by atoms with Crippen molar-refractivity contribution in [2.24, 2.45) is 0 Å². The zero-order chi connectivity index (χ0) is 19.0. The van der Waals surface area contributed by atoms with Crippen LogP contribution in [-0.4, -0.2) is 22.6 Å². The molecule has 0 saturated carbocycles. The van der Waals surface area contributed by atoms with Gasteiger partial charge in [-0.2, -0.15) is 0 Å². The number of nitrogens with one attached hydrogen (secondary N) is 1. The molecule has 136 valence electrons. The lowest BCUT2D eigenvalue weighted by molar-refractivity contribution is -0.116. The number of benzene rings is 2. The van der Waals surface area contributed by atoms with Crippen molar-refractivity contribution in [1.29, 1.82) is 0 Å². The first kappa shape index (κ1) is 17.7. The zero-order valence-corrected chi connectivity index (χ0v) is 15.5. The minimum atomic E-state index is -0.912. The van der Waals surface area contributed by atoms with E-state index in [0.717, 1.165) is 33.0 Å². The maximum absolute atomic E-state index is 12.5. The van der Waals surface area contributed by atoms with Crippen molar-refractivity contribution in [2.75, 3.05) is 5.32 Å². The van der Waals surface area contributed by atoms with E-state index in [2.05, 4.69) is 5.32 Å². The van der Waals surface area contributed by atoms with Gasteiger partial charge in [-0.15, -0.1) is 0 Å². The van der Waals surface area contributed by atoms with Crippen molar-refractivity contribution in [3.05, 3.63) is 68.6 Å². The molecule has 0 saturated heterocycles. The van der Waals surface area contributed by atoms with Crippen LogP contribution in [0.2, 0.25) is 0 Å². The minimum Gasteiger partial charge on any atom is -0.423 e. The first-order valence-corrected chi connectivity index (χ1v) is 9.32. The molecular formula is C19H17BN2O4S. The number of fused-ring (bicyclic) bond motifs is 1. The number of hydrogen-bond acceptors (Lipinski definition) is 5. The van der Waals surface area contributed by atoms with Crippen molar-refractivity contribution in [3.63, 3.8) is 0 Å². The summed E-state index contributed by atoms with van der Waals surface area (Å²) in [6.07, 6.45) is 0. The van der Waals surface area contributed by atoms with E-state index in [0.29, 0.717) is 17.8 Å². The monoisotopic (exact) mass is 380 g/mol. The quantitative estimate of drug-likeness (QED) is 0.676. The third kappa shape index (κ3) is 3.47. The highest BCUT2D eigenvalue weighted by Crippen LogP contribution is 2.25. The van der Waals surface area contributed by atoms with Gasteiger partial charge in [-0.25, -0.2) is 0 Å². The summed E-state index contributed by atoms with van der Waals surface area (Å²) in [4.78, 5) is 25.6. The van der Waals surface area contributed by atoms with Crippen LogP contribution in [-0.2, 0) is 22.6 Å². The van der Waals surface area contributed by atoms with E-state index in [1.807, 2.05) is 37.3 Å². The molecule has 2 aromatic carbocycles. The Morgan fingerprint density at radius 1 is 1.30 bits per heavy atom. The average Bonchev–Trinajstić information content (AvgIpc) is 3.15. The fourth-order valence-electron chi connectivity index (χ4n) is 3.27. The average molecular weight is 380 g/mol. The van der Waals surface area contributed by atoms with E-state index >= 15 is 0 Å². The lowest BCUT2D eigenvalue weighted by atomic mass is 9.79. The fraction of sp³-hybridized carbons (Fsp3) is 0.158. The van der Waals surface area contributed by atoms with Gasteiger partial charge in [0.1, 0.15) is 6.54 Å². The highest BCUT2D eigenvalue weighted by atomic mass is 32.1. The van der Waals surface area contributed by atoms with Crippen molar-refractivity contribution in [2.45, 2.75) is 20.1 Å². The Balaban J connectivity index is 1.57. The van der Waals surface area contributed by atoms with Gasteiger partial charge in [0.05, 0.1) is 12.3 Å². The summed E-state index contributed by atoms with van der Waals surface area (Å²) in [5.74, 6) is -0.286. The number of thiazole rings is 1. The topological polar surface area (TPSA) is 80.6 Å². The number of carbonyl (C=O) groups excluding carboxylic acids is 1. The molecule has 0 atom stereocenters. The van der Waals surface area contributed by atoms with E-state index < -0.39 is 7.12 Å². The molecule has 0 aliphatic carbocycles. The second-order valence-electron chi connectivity index (χ2n) is 6.35. The second kappa shape index (κ2) is 7.15. The predicted octanol–water partition coefficient (Wildman–Crippen LogP) is 1.74. The molecule has 0 spiro atoms. The first-order chi connectivity index (χ1) is 13.0. The summed E-state index contributed by atoms with van der Waals surface area (Å²) in [6, 6.07) is 14.8. The number of anilines is 1. The predicted molar refractivity (Wildman–Crippen MR) is 106 cm³/mol. The van der Waals surface area contributed by atoms with Gasteiger partial charge in [0.2, 0.25) is 5.91 Å². The summed E-state index contributed by atoms with van der Waals surface area (Å²) in [7, 11) is -0.912. The molecule has 0 bridgehead atoms. The van der Waals surface area contributed by atoms with E-state index in [9.17, 15) is 14.6 Å². The molecule has 0 radical (unpaired) electrons. The molecule has 1 aromatic heterocycles. The van der Waals surface area contributed by atoms with E-state index in [1.165, 1.54) is 4.57 Å². The van der Waals surface area contributed by atoms with Crippen molar-refractivity contribution in [3.8, 4) is 11.3 Å². The molecule has 1 aliphatic heterocycles. The number of amides is 1. The number of hydrogen-bond donors (Lipinski definition) is 2. The van der Waals surface area contributed by atoms with Gasteiger partial charge in [-0.1, -0.05) is 47.7 Å². The fourth-order valence-corrected chi connectivity index (χ4v) is 4.12. The molecule has 0 unspecified atom stereocenters. The van der Waals surface area contributed by atoms with Crippen LogP contribution in [0, 0.1) is 6.92 Å². The SMILES string of the molecule is Cc1sc(=O)n(CC(=O)Nc2ccc3c(c2)COB3O)c1-c1ccccc1. The van der Waals surface area contributed by atoms with Gasteiger partial charge < -0.3 is 15.0 Å². The molecule has 1 amide bonds. The van der Waals surface area contributed by atoms with Gasteiger partial charge in [-0.3, -0.25) is 14.2 Å². The lowest BCUT2D eigenvalue weighted by Crippen LogP contribution is -2.28. The highest BCUT2D eigenvalue weighted by Gasteiger charge is 2.27. The van der Waals surface area contributed by atoms with Crippen LogP contribution >= 0.6 is 11.3 Å². The van der Waals surface area contributed by atoms with Gasteiger partial charge in [0.25, 0.3) is 0 Å². The maximum Gasteiger partial charge on any atom is 0.491 e. The van der Waals surface area contributed by atoms with Crippen LogP contribution in [0.1, 0.15) is 10.4 Å². The molecular weight excluding hydrogens is 363 g/mol. The van der Waals surface area contributed by atoms with Crippen LogP contribution in [0.25, 0.3) is 11.3 Å². The van der Waals surface area contributed by atoms with Gasteiger partial charge in [-0.05, 0) is 35.6 Å². The lowest BCUT2D eigenvalue weighted by Gasteiger charge is -2.10. The summed E-state index contributed by atoms with van der Waals surface area (Å²) in [5.41, 5.74) is 3.84. The number of nitrogens with zero attached hydrogens (tertiary/aromatic N) is 1. The Kier molecular flexibility index (Phi) is 4.69. The number of rotatable bonds is 4. The molecule has 6 nitrogen and oxygen atoms in total. The summed E-state index contributed by atoms with van der Waals surface area (Å²) in [6.45, 7) is 2.12. The summed E-state index contributed by atoms with van der Waals surface area (Å²) in [5, 5.41) is 12.5. The summed E-state index contributed by atoms with van der Waals surface area (Å²) < 4.78 is 6.67. The highest BCUT2D eigenvalue weighted by molar-refractivity contribution is 7.09. The largest absolute Gasteiger partial charge is 0.491 e. The number of aryl methyl sites for hydroxylation is 1. The van der Waals surface area contributed by atoms with Crippen molar-refractivity contribution in [1.82, 2.24) is 4.57 Å². The maximum atomic E-state index is 12.5. The van der Waals surface area contributed by atoms with Crippen LogP contribution in [0.3, 0.4) is 0 Å². The zero-order valence-electron chi connectivity index (χ0n) is 14.6. The number of carbonyl (C=O) groups is 1. The van der Waals surface area contributed by atoms with E-state index in [4.69, 9.17) is 4.65 Å². The van der Waals surface area contributed by atoms with Gasteiger partial charge in [0.15, 0.2) is 0 Å². The minimum absolute atomic E-state index is 0.0659. The molecule has 2 N–H and O–H groups in total. The van der Waals surface area contributed by atoms with Gasteiger partial charge >= 0.3 is 12.0 Å². The third-order valence-corrected chi connectivity index (χ3v) is 5.40. The smallest absolute Gasteiger partial charge is 0.423 e. The van der Waals surface area contributed by atoms with Crippen LogP contribution < -0.4 is 15.7 Å². The molecule has 1 aliphatic rings. The van der Waals surface area contributed by atoms with E-state index in [1.54, 1.807) is 18.2 Å². The molecule has 2 heterocycles. The van der Waals surface area contributed by atoms with Crippen molar-refractivity contribution >= 4 is 35.5 Å². The number of aromatic nitrogens is 1. The Labute approximate surface area is 160 Å².